The van der Waals surface area contributed by atoms with Crippen LogP contribution in [0.25, 0.3) is 11.0 Å². The first-order valence-electron chi connectivity index (χ1n) is 4.62. The minimum absolute atomic E-state index is 0.0305. The molecular weight excluding hydrogens is 216 g/mol. The van der Waals surface area contributed by atoms with Gasteiger partial charge in [0.05, 0.1) is 6.61 Å². The normalized spacial score (nSPS) is 12.9. The van der Waals surface area contributed by atoms with Crippen LogP contribution in [0.3, 0.4) is 0 Å². The van der Waals surface area contributed by atoms with Crippen LogP contribution >= 0.6 is 0 Å². The second-order valence-electron chi connectivity index (χ2n) is 3.23. The SMILES string of the molecule is [O-][n+]1onc2cc(OCC(O)CO)ccc21. The number of aliphatic hydroxyl groups is 2. The molecule has 2 N–H and O–H groups in total. The molecule has 0 aliphatic heterocycles. The van der Waals surface area contributed by atoms with E-state index in [1.54, 1.807) is 6.07 Å². The molecule has 1 aromatic heterocycles. The van der Waals surface area contributed by atoms with Gasteiger partial charge >= 0.3 is 0 Å². The van der Waals surface area contributed by atoms with E-state index in [1.165, 1.54) is 12.1 Å². The Morgan fingerprint density at radius 2 is 2.38 bits per heavy atom. The maximum absolute atomic E-state index is 11.0. The van der Waals surface area contributed by atoms with Crippen LogP contribution in [0.5, 0.6) is 5.75 Å². The molecule has 0 bridgehead atoms. The van der Waals surface area contributed by atoms with Crippen molar-refractivity contribution < 1.29 is 24.5 Å². The Labute approximate surface area is 90.0 Å². The summed E-state index contributed by atoms with van der Waals surface area (Å²) < 4.78 is 9.56. The second-order valence-corrected chi connectivity index (χ2v) is 3.23. The molecule has 2 aromatic rings. The molecule has 0 saturated heterocycles. The molecule has 0 fully saturated rings. The highest BCUT2D eigenvalue weighted by Gasteiger charge is 2.10. The van der Waals surface area contributed by atoms with Crippen LogP contribution < -0.4 is 9.64 Å². The van der Waals surface area contributed by atoms with E-state index in [4.69, 9.17) is 14.9 Å². The van der Waals surface area contributed by atoms with Gasteiger partial charge in [0, 0.05) is 11.2 Å². The van der Waals surface area contributed by atoms with Gasteiger partial charge in [-0.2, -0.15) is 0 Å². The summed E-state index contributed by atoms with van der Waals surface area (Å²) in [4.78, 5) is 0.293. The molecule has 1 unspecified atom stereocenters. The molecule has 0 radical (unpaired) electrons. The van der Waals surface area contributed by atoms with E-state index in [9.17, 15) is 5.21 Å². The van der Waals surface area contributed by atoms with Gasteiger partial charge in [0.25, 0.3) is 5.52 Å². The fraction of sp³-hybridized carbons (Fsp3) is 0.333. The van der Waals surface area contributed by atoms with Gasteiger partial charge in [-0.25, -0.2) is 0 Å². The first kappa shape index (κ1) is 10.7. The third-order valence-electron chi connectivity index (χ3n) is 2.01. The fourth-order valence-corrected chi connectivity index (χ4v) is 1.19. The molecule has 86 valence electrons. The molecule has 2 rings (SSSR count). The molecule has 0 saturated carbocycles. The van der Waals surface area contributed by atoms with Crippen LogP contribution in [0.4, 0.5) is 0 Å². The lowest BCUT2D eigenvalue weighted by Crippen LogP contribution is -2.22. The number of rotatable bonds is 4. The van der Waals surface area contributed by atoms with Crippen molar-refractivity contribution in [1.29, 1.82) is 0 Å². The summed E-state index contributed by atoms with van der Waals surface area (Å²) in [5, 5.41) is 32.1. The third kappa shape index (κ3) is 2.05. The van der Waals surface area contributed by atoms with Crippen LogP contribution in [-0.4, -0.2) is 34.7 Å². The van der Waals surface area contributed by atoms with Gasteiger partial charge in [0.2, 0.25) is 5.52 Å². The molecule has 16 heavy (non-hydrogen) atoms. The lowest BCUT2D eigenvalue weighted by molar-refractivity contribution is -0.782. The zero-order valence-electron chi connectivity index (χ0n) is 8.24. The van der Waals surface area contributed by atoms with Crippen molar-refractivity contribution in [2.75, 3.05) is 13.2 Å². The molecule has 7 nitrogen and oxygen atoms in total. The lowest BCUT2D eigenvalue weighted by atomic mass is 10.3. The highest BCUT2D eigenvalue weighted by molar-refractivity contribution is 5.71. The van der Waals surface area contributed by atoms with Crippen LogP contribution in [0.1, 0.15) is 0 Å². The van der Waals surface area contributed by atoms with E-state index in [0.717, 1.165) is 0 Å². The Morgan fingerprint density at radius 1 is 1.56 bits per heavy atom. The number of benzene rings is 1. The van der Waals surface area contributed by atoms with Gasteiger partial charge in [-0.3, -0.25) is 4.63 Å². The van der Waals surface area contributed by atoms with Gasteiger partial charge in [0.1, 0.15) is 18.5 Å². The zero-order valence-corrected chi connectivity index (χ0v) is 8.24. The molecular formula is C9H10N2O5. The summed E-state index contributed by atoms with van der Waals surface area (Å²) in [6.07, 6.45) is -0.933. The van der Waals surface area contributed by atoms with Crippen molar-refractivity contribution in [2.24, 2.45) is 0 Å². The Morgan fingerprint density at radius 3 is 3.12 bits per heavy atom. The third-order valence-corrected chi connectivity index (χ3v) is 2.01. The van der Waals surface area contributed by atoms with Crippen molar-refractivity contribution in [3.63, 3.8) is 0 Å². The van der Waals surface area contributed by atoms with Gasteiger partial charge in [-0.05, 0) is 17.0 Å². The highest BCUT2D eigenvalue weighted by atomic mass is 16.8. The van der Waals surface area contributed by atoms with Crippen molar-refractivity contribution in [1.82, 2.24) is 5.16 Å². The predicted octanol–water partition coefficient (Wildman–Crippen LogP) is -0.807. The molecule has 1 aromatic carbocycles. The van der Waals surface area contributed by atoms with E-state index < -0.39 is 6.10 Å². The monoisotopic (exact) mass is 226 g/mol. The largest absolute Gasteiger partial charge is 0.491 e. The molecule has 0 aliphatic carbocycles. The number of ether oxygens (including phenoxy) is 1. The van der Waals surface area contributed by atoms with Gasteiger partial charge in [-0.1, -0.05) is 0 Å². The average molecular weight is 226 g/mol. The van der Waals surface area contributed by atoms with Crippen molar-refractivity contribution in [3.8, 4) is 5.75 Å². The predicted molar refractivity (Wildman–Crippen MR) is 51.6 cm³/mol. The summed E-state index contributed by atoms with van der Waals surface area (Å²) in [5.74, 6) is 0.439. The van der Waals surface area contributed by atoms with E-state index >= 15 is 0 Å². The molecule has 1 atom stereocenters. The summed E-state index contributed by atoms with van der Waals surface area (Å²) in [6.45, 7) is -0.399. The van der Waals surface area contributed by atoms with Crippen LogP contribution in [0.2, 0.25) is 0 Å². The smallest absolute Gasteiger partial charge is 0.252 e. The topological polar surface area (TPSA) is 103 Å². The quantitative estimate of drug-likeness (QED) is 0.661. The Kier molecular flexibility index (Phi) is 2.88. The van der Waals surface area contributed by atoms with Crippen molar-refractivity contribution in [3.05, 3.63) is 23.4 Å². The number of hydrogen-bond acceptors (Lipinski definition) is 6. The average Bonchev–Trinajstić information content (AvgIpc) is 2.67. The van der Waals surface area contributed by atoms with Crippen molar-refractivity contribution in [2.45, 2.75) is 6.10 Å². The van der Waals surface area contributed by atoms with E-state index in [1.807, 2.05) is 0 Å². The summed E-state index contributed by atoms with van der Waals surface area (Å²) in [6, 6.07) is 4.56. The van der Waals surface area contributed by atoms with Crippen molar-refractivity contribution >= 4 is 11.0 Å². The van der Waals surface area contributed by atoms with Crippen LogP contribution in [0.15, 0.2) is 22.8 Å². The number of fused-ring (bicyclic) bond motifs is 1. The van der Waals surface area contributed by atoms with E-state index in [2.05, 4.69) is 9.79 Å². The Hall–Kier alpha value is -1.86. The van der Waals surface area contributed by atoms with Crippen LogP contribution in [-0.2, 0) is 0 Å². The van der Waals surface area contributed by atoms with Gasteiger partial charge in [-0.15, -0.1) is 0 Å². The van der Waals surface area contributed by atoms with Gasteiger partial charge < -0.3 is 20.2 Å². The number of aromatic nitrogens is 2. The maximum Gasteiger partial charge on any atom is 0.252 e. The standard InChI is InChI=1S/C9H10N2O5/c12-4-6(13)5-15-7-1-2-9-8(3-7)10-16-11(9)14/h1-3,6,12-13H,4-5H2. The number of nitrogens with zero attached hydrogens (tertiary/aromatic N) is 2. The summed E-state index contributed by atoms with van der Waals surface area (Å²) in [5.41, 5.74) is 0.668. The maximum atomic E-state index is 11.0. The first-order valence-corrected chi connectivity index (χ1v) is 4.62. The minimum atomic E-state index is -0.933. The summed E-state index contributed by atoms with van der Waals surface area (Å²) >= 11 is 0. The second kappa shape index (κ2) is 4.33. The lowest BCUT2D eigenvalue weighted by Gasteiger charge is -2.08. The number of aliphatic hydroxyl groups excluding tert-OH is 2. The zero-order chi connectivity index (χ0) is 11.5. The molecule has 0 amide bonds. The minimum Gasteiger partial charge on any atom is -0.491 e. The van der Waals surface area contributed by atoms with Crippen LogP contribution in [0, 0.1) is 5.21 Å². The summed E-state index contributed by atoms with van der Waals surface area (Å²) in [7, 11) is 0. The Balaban J connectivity index is 2.14. The molecule has 7 heteroatoms. The van der Waals surface area contributed by atoms with E-state index in [-0.39, 0.29) is 13.2 Å². The highest BCUT2D eigenvalue weighted by Crippen LogP contribution is 2.16. The van der Waals surface area contributed by atoms with Gasteiger partial charge in [0.15, 0.2) is 0 Å². The first-order chi connectivity index (χ1) is 7.70. The Bertz CT molecular complexity index is 484. The fourth-order valence-electron chi connectivity index (χ4n) is 1.19. The molecule has 0 aliphatic rings. The van der Waals surface area contributed by atoms with E-state index in [0.29, 0.717) is 21.7 Å². The molecule has 1 heterocycles. The molecule has 0 spiro atoms. The number of hydrogen-bond donors (Lipinski definition) is 2.